The normalized spacial score (nSPS) is 19.6. The lowest BCUT2D eigenvalue weighted by Crippen LogP contribution is -2.64. The lowest BCUT2D eigenvalue weighted by atomic mass is 9.78. The number of aromatic hydroxyl groups is 1. The number of hydrogen-bond donors (Lipinski definition) is 1. The van der Waals surface area contributed by atoms with Crippen LogP contribution in [0.5, 0.6) is 5.75 Å². The van der Waals surface area contributed by atoms with Crippen molar-refractivity contribution in [2.45, 2.75) is 64.2 Å². The lowest BCUT2D eigenvalue weighted by molar-refractivity contribution is 0.0254. The van der Waals surface area contributed by atoms with Gasteiger partial charge in [0.1, 0.15) is 13.8 Å². The second-order valence-corrected chi connectivity index (χ2v) is 22.0. The highest BCUT2D eigenvalue weighted by molar-refractivity contribution is 7.01. The van der Waals surface area contributed by atoms with Gasteiger partial charge in [0.15, 0.2) is 13.9 Å². The zero-order chi connectivity index (χ0) is 27.8. The maximum Gasteiger partial charge on any atom is 0.340 e. The summed E-state index contributed by atoms with van der Waals surface area (Å²) in [6.07, 6.45) is 0. The minimum absolute atomic E-state index is 0.0404. The monoisotopic (exact) mass is 545 g/mol. The number of ether oxygens (including phenoxy) is 1. The topological polar surface area (TPSA) is 59.0 Å². The van der Waals surface area contributed by atoms with Crippen molar-refractivity contribution in [1.29, 1.82) is 0 Å². The summed E-state index contributed by atoms with van der Waals surface area (Å²) in [6.45, 7) is 16.1. The zero-order valence-electron chi connectivity index (χ0n) is 24.0. The molecule has 0 amide bonds. The Morgan fingerprint density at radius 1 is 1.00 bits per heavy atom. The number of hydrogen-bond acceptors (Lipinski definition) is 5. The Bertz CT molecular complexity index is 1450. The van der Waals surface area contributed by atoms with Gasteiger partial charge in [0.05, 0.1) is 12.2 Å². The molecule has 2 heterocycles. The van der Waals surface area contributed by atoms with Crippen LogP contribution in [-0.4, -0.2) is 41.6 Å². The Labute approximate surface area is 228 Å². The fraction of sp³-hybridized carbons (Fsp3) is 0.387. The number of anilines is 1. The van der Waals surface area contributed by atoms with Crippen LogP contribution in [0.4, 0.5) is 5.69 Å². The molecule has 0 aliphatic carbocycles. The zero-order valence-corrected chi connectivity index (χ0v) is 26.0. The molecule has 1 N–H and O–H groups in total. The molecule has 2 aliphatic rings. The summed E-state index contributed by atoms with van der Waals surface area (Å²) in [5.74, 6) is -0.0780. The molecular weight excluding hydrogens is 507 g/mol. The maximum absolute atomic E-state index is 13.3. The maximum atomic E-state index is 13.3. The molecule has 0 aromatic heterocycles. The van der Waals surface area contributed by atoms with E-state index >= 15 is 0 Å². The molecule has 38 heavy (non-hydrogen) atoms. The summed E-state index contributed by atoms with van der Waals surface area (Å²) < 4.78 is 13.2. The van der Waals surface area contributed by atoms with E-state index in [1.807, 2.05) is 44.4 Å². The molecule has 2 aliphatic heterocycles. The number of benzene rings is 3. The van der Waals surface area contributed by atoms with E-state index in [-0.39, 0.29) is 16.8 Å². The molecule has 5 nitrogen and oxygen atoms in total. The van der Waals surface area contributed by atoms with Crippen LogP contribution in [0.15, 0.2) is 54.6 Å². The SMILES string of the molecule is CN(C)c1ccc2c(c1)[Si](C)(C)c1c(ccc(O)c1CO[Si](C)(C)C(C)(C)C)C21OC(=O)c2ccccc21. The van der Waals surface area contributed by atoms with Crippen LogP contribution >= 0.6 is 0 Å². The standard InChI is InChI=1S/C31H39NO4Si2/c1-30(2,3)38(8,9)35-19-22-26(33)17-16-25-28(22)37(6,7)27-18-20(32(4)5)14-15-24(27)31(25)23-13-11-10-12-21(23)29(34)36-31/h10-18,33H,19H2,1-9H3. The second-order valence-electron chi connectivity index (χ2n) is 12.9. The van der Waals surface area contributed by atoms with Crippen molar-refractivity contribution in [1.82, 2.24) is 0 Å². The molecule has 5 rings (SSSR count). The van der Waals surface area contributed by atoms with Crippen molar-refractivity contribution in [3.63, 3.8) is 0 Å². The number of nitrogens with zero attached hydrogens (tertiary/aromatic N) is 1. The molecule has 3 aromatic rings. The average Bonchev–Trinajstić information content (AvgIpc) is 3.14. The van der Waals surface area contributed by atoms with Gasteiger partial charge in [0.25, 0.3) is 0 Å². The van der Waals surface area contributed by atoms with E-state index in [1.165, 1.54) is 5.19 Å². The summed E-state index contributed by atoms with van der Waals surface area (Å²) in [5.41, 5.74) is 4.28. The number of carbonyl (C=O) groups excluding carboxylic acids is 1. The molecule has 0 fully saturated rings. The van der Waals surface area contributed by atoms with Crippen LogP contribution in [0, 0.1) is 0 Å². The molecule has 7 heteroatoms. The molecule has 0 bridgehead atoms. The van der Waals surface area contributed by atoms with E-state index in [2.05, 4.69) is 70.1 Å². The van der Waals surface area contributed by atoms with Gasteiger partial charge < -0.3 is 19.2 Å². The third-order valence-electron chi connectivity index (χ3n) is 9.02. The van der Waals surface area contributed by atoms with Crippen LogP contribution in [0.25, 0.3) is 0 Å². The fourth-order valence-electron chi connectivity index (χ4n) is 5.79. The quantitative estimate of drug-likeness (QED) is 0.343. The predicted molar refractivity (Wildman–Crippen MR) is 159 cm³/mol. The molecule has 1 spiro atoms. The van der Waals surface area contributed by atoms with Crippen LogP contribution in [0.1, 0.15) is 53.4 Å². The van der Waals surface area contributed by atoms with Crippen LogP contribution in [0.2, 0.25) is 31.2 Å². The van der Waals surface area contributed by atoms with Crippen LogP contribution < -0.4 is 15.3 Å². The fourth-order valence-corrected chi connectivity index (χ4v) is 10.3. The van der Waals surface area contributed by atoms with Crippen LogP contribution in [0.3, 0.4) is 0 Å². The van der Waals surface area contributed by atoms with E-state index in [1.54, 1.807) is 6.07 Å². The summed E-state index contributed by atoms with van der Waals surface area (Å²) in [7, 11) is -0.421. The van der Waals surface area contributed by atoms with Gasteiger partial charge in [-0.05, 0) is 52.8 Å². The van der Waals surface area contributed by atoms with E-state index < -0.39 is 22.0 Å². The highest BCUT2D eigenvalue weighted by atomic mass is 28.4. The van der Waals surface area contributed by atoms with Crippen molar-refractivity contribution >= 4 is 38.4 Å². The van der Waals surface area contributed by atoms with Gasteiger partial charge in [0, 0.05) is 42.0 Å². The second kappa shape index (κ2) is 8.56. The Morgan fingerprint density at radius 3 is 2.32 bits per heavy atom. The minimum atomic E-state index is -2.41. The summed E-state index contributed by atoms with van der Waals surface area (Å²) in [5, 5.41) is 13.7. The lowest BCUT2D eigenvalue weighted by Gasteiger charge is -2.45. The molecule has 0 saturated carbocycles. The van der Waals surface area contributed by atoms with Gasteiger partial charge >= 0.3 is 5.97 Å². The first-order valence-corrected chi connectivity index (χ1v) is 19.2. The summed E-state index contributed by atoms with van der Waals surface area (Å²) in [4.78, 5) is 15.4. The van der Waals surface area contributed by atoms with E-state index in [0.717, 1.165) is 33.1 Å². The first-order chi connectivity index (χ1) is 17.6. The van der Waals surface area contributed by atoms with E-state index in [0.29, 0.717) is 12.2 Å². The third-order valence-corrected chi connectivity index (χ3v) is 17.1. The largest absolute Gasteiger partial charge is 0.508 e. The van der Waals surface area contributed by atoms with Crippen molar-refractivity contribution in [3.05, 3.63) is 82.4 Å². The van der Waals surface area contributed by atoms with Gasteiger partial charge in [0.2, 0.25) is 0 Å². The molecule has 0 radical (unpaired) electrons. The number of phenolic OH excluding ortho intramolecular Hbond substituents is 1. The molecular formula is C31H39NO4Si2. The Hall–Kier alpha value is -2.88. The number of carbonyl (C=O) groups is 1. The Kier molecular flexibility index (Phi) is 6.02. The van der Waals surface area contributed by atoms with Crippen molar-refractivity contribution < 1.29 is 19.1 Å². The summed E-state index contributed by atoms with van der Waals surface area (Å²) >= 11 is 0. The summed E-state index contributed by atoms with van der Waals surface area (Å²) in [6, 6.07) is 17.9. The minimum Gasteiger partial charge on any atom is -0.508 e. The van der Waals surface area contributed by atoms with Crippen molar-refractivity contribution in [3.8, 4) is 5.75 Å². The number of phenols is 1. The average molecular weight is 546 g/mol. The van der Waals surface area contributed by atoms with Crippen LogP contribution in [-0.2, 0) is 21.4 Å². The highest BCUT2D eigenvalue weighted by Gasteiger charge is 2.56. The van der Waals surface area contributed by atoms with E-state index in [9.17, 15) is 9.90 Å². The van der Waals surface area contributed by atoms with Crippen molar-refractivity contribution in [2.24, 2.45) is 0 Å². The first-order valence-electron chi connectivity index (χ1n) is 13.3. The predicted octanol–water partition coefficient (Wildman–Crippen LogP) is 5.58. The Morgan fingerprint density at radius 2 is 1.66 bits per heavy atom. The van der Waals surface area contributed by atoms with Crippen molar-refractivity contribution in [2.75, 3.05) is 19.0 Å². The molecule has 200 valence electrons. The van der Waals surface area contributed by atoms with Gasteiger partial charge in [-0.3, -0.25) is 0 Å². The van der Waals surface area contributed by atoms with Gasteiger partial charge in [-0.1, -0.05) is 64.2 Å². The smallest absolute Gasteiger partial charge is 0.340 e. The third kappa shape index (κ3) is 3.70. The van der Waals surface area contributed by atoms with Gasteiger partial charge in [-0.2, -0.15) is 0 Å². The number of rotatable bonds is 4. The van der Waals surface area contributed by atoms with Gasteiger partial charge in [-0.15, -0.1) is 0 Å². The molecule has 1 atom stereocenters. The molecule has 3 aromatic carbocycles. The number of esters is 1. The highest BCUT2D eigenvalue weighted by Crippen LogP contribution is 2.50. The number of fused-ring (bicyclic) bond motifs is 6. The Balaban J connectivity index is 1.83. The molecule has 1 unspecified atom stereocenters. The van der Waals surface area contributed by atoms with Gasteiger partial charge in [-0.25, -0.2) is 4.79 Å². The first kappa shape index (κ1) is 26.7. The van der Waals surface area contributed by atoms with E-state index in [4.69, 9.17) is 9.16 Å². The molecule has 0 saturated heterocycles.